The first-order chi connectivity index (χ1) is 13.5. The highest BCUT2D eigenvalue weighted by molar-refractivity contribution is 5.76. The minimum Gasteiger partial charge on any atom is -0.454 e. The molecule has 1 aromatic carbocycles. The Bertz CT molecular complexity index is 878. The molecule has 1 fully saturated rings. The van der Waals surface area contributed by atoms with Crippen LogP contribution in [0.5, 0.6) is 11.5 Å². The average molecular weight is 386 g/mol. The summed E-state index contributed by atoms with van der Waals surface area (Å²) in [4.78, 5) is 20.3. The number of hydrogen-bond donors (Lipinski definition) is 1. The summed E-state index contributed by atoms with van der Waals surface area (Å²) in [5.41, 5.74) is 1.67. The monoisotopic (exact) mass is 386 g/mol. The van der Waals surface area contributed by atoms with Gasteiger partial charge >= 0.3 is 6.03 Å². The van der Waals surface area contributed by atoms with E-state index >= 15 is 0 Å². The maximum atomic E-state index is 13.4. The summed E-state index contributed by atoms with van der Waals surface area (Å²) in [6, 6.07) is 8.51. The Labute approximate surface area is 163 Å². The number of fused-ring (bicyclic) bond motifs is 1. The van der Waals surface area contributed by atoms with E-state index in [4.69, 9.17) is 9.47 Å². The normalized spacial score (nSPS) is 19.5. The lowest BCUT2D eigenvalue weighted by Crippen LogP contribution is -2.56. The van der Waals surface area contributed by atoms with E-state index in [0.717, 1.165) is 11.3 Å². The fourth-order valence-electron chi connectivity index (χ4n) is 3.72. The number of para-hydroxylation sites is 1. The Morgan fingerprint density at radius 3 is 2.96 bits per heavy atom. The van der Waals surface area contributed by atoms with Crippen LogP contribution in [0.1, 0.15) is 25.5 Å². The highest BCUT2D eigenvalue weighted by atomic mass is 19.1. The molecule has 2 aromatic rings. The van der Waals surface area contributed by atoms with Crippen molar-refractivity contribution in [3.05, 3.63) is 48.0 Å². The molecule has 4 rings (SSSR count). The topological polar surface area (TPSA) is 66.9 Å². The number of benzene rings is 1. The van der Waals surface area contributed by atoms with Crippen LogP contribution in [-0.4, -0.2) is 48.4 Å². The van der Waals surface area contributed by atoms with Gasteiger partial charge in [-0.1, -0.05) is 12.1 Å². The van der Waals surface area contributed by atoms with E-state index in [9.17, 15) is 9.18 Å². The third-order valence-electron chi connectivity index (χ3n) is 5.20. The van der Waals surface area contributed by atoms with Crippen molar-refractivity contribution in [2.45, 2.75) is 25.9 Å². The number of urea groups is 1. The summed E-state index contributed by atoms with van der Waals surface area (Å²) in [5, 5.41) is 3.05. The number of pyridine rings is 1. The Hall–Kier alpha value is -3.03. The Balaban J connectivity index is 1.40. The van der Waals surface area contributed by atoms with Crippen molar-refractivity contribution in [2.24, 2.45) is 0 Å². The molecule has 28 heavy (non-hydrogen) atoms. The summed E-state index contributed by atoms with van der Waals surface area (Å²) >= 11 is 0. The van der Waals surface area contributed by atoms with Crippen molar-refractivity contribution < 1.29 is 18.7 Å². The number of aromatic nitrogens is 1. The lowest BCUT2D eigenvalue weighted by atomic mass is 10.1. The van der Waals surface area contributed by atoms with Crippen LogP contribution in [-0.2, 0) is 0 Å². The second-order valence-electron chi connectivity index (χ2n) is 7.08. The molecular weight excluding hydrogens is 363 g/mol. The molecular formula is C20H23FN4O3. The van der Waals surface area contributed by atoms with Gasteiger partial charge in [0.05, 0.1) is 6.04 Å². The molecule has 148 valence electrons. The smallest absolute Gasteiger partial charge is 0.318 e. The zero-order valence-electron chi connectivity index (χ0n) is 15.9. The van der Waals surface area contributed by atoms with Crippen molar-refractivity contribution in [1.29, 1.82) is 0 Å². The Morgan fingerprint density at radius 2 is 2.18 bits per heavy atom. The van der Waals surface area contributed by atoms with Gasteiger partial charge in [-0.3, -0.25) is 0 Å². The summed E-state index contributed by atoms with van der Waals surface area (Å²) in [7, 11) is 0. The molecule has 7 nitrogen and oxygen atoms in total. The van der Waals surface area contributed by atoms with Gasteiger partial charge < -0.3 is 24.6 Å². The van der Waals surface area contributed by atoms with Crippen LogP contribution < -0.4 is 19.7 Å². The Kier molecular flexibility index (Phi) is 4.93. The van der Waals surface area contributed by atoms with Gasteiger partial charge in [0.15, 0.2) is 11.5 Å². The SMILES string of the molecule is C[C@@H]1CN(c2ccnc(F)c2)CCN1C(=O)N[C@H](C)c1cccc2c1OCO2. The van der Waals surface area contributed by atoms with Gasteiger partial charge in [-0.15, -0.1) is 0 Å². The van der Waals surface area contributed by atoms with Crippen molar-refractivity contribution in [1.82, 2.24) is 15.2 Å². The molecule has 0 bridgehead atoms. The highest BCUT2D eigenvalue weighted by Crippen LogP contribution is 2.38. The molecule has 0 spiro atoms. The molecule has 0 aliphatic carbocycles. The number of hydrogen-bond acceptors (Lipinski definition) is 5. The summed E-state index contributed by atoms with van der Waals surface area (Å²) < 4.78 is 24.3. The first-order valence-electron chi connectivity index (χ1n) is 9.35. The van der Waals surface area contributed by atoms with E-state index in [1.165, 1.54) is 12.3 Å². The van der Waals surface area contributed by atoms with Crippen LogP contribution in [0.3, 0.4) is 0 Å². The molecule has 0 unspecified atom stereocenters. The number of rotatable bonds is 3. The molecule has 1 N–H and O–H groups in total. The van der Waals surface area contributed by atoms with E-state index in [1.54, 1.807) is 6.07 Å². The van der Waals surface area contributed by atoms with Gasteiger partial charge in [0.2, 0.25) is 12.7 Å². The maximum absolute atomic E-state index is 13.4. The van der Waals surface area contributed by atoms with Crippen LogP contribution in [0.25, 0.3) is 0 Å². The van der Waals surface area contributed by atoms with Crippen LogP contribution in [0.4, 0.5) is 14.9 Å². The van der Waals surface area contributed by atoms with Gasteiger partial charge in [0, 0.05) is 49.2 Å². The minimum atomic E-state index is -0.499. The van der Waals surface area contributed by atoms with Crippen molar-refractivity contribution in [3.8, 4) is 11.5 Å². The van der Waals surface area contributed by atoms with E-state index in [2.05, 4.69) is 15.2 Å². The summed E-state index contributed by atoms with van der Waals surface area (Å²) in [6.45, 7) is 5.93. The maximum Gasteiger partial charge on any atom is 0.318 e. The summed E-state index contributed by atoms with van der Waals surface area (Å²) in [5.74, 6) is 0.888. The lowest BCUT2D eigenvalue weighted by Gasteiger charge is -2.41. The molecule has 8 heteroatoms. The number of halogens is 1. The van der Waals surface area contributed by atoms with Crippen molar-refractivity contribution in [3.63, 3.8) is 0 Å². The second-order valence-corrected chi connectivity index (χ2v) is 7.08. The minimum absolute atomic E-state index is 0.0155. The fraction of sp³-hybridized carbons (Fsp3) is 0.400. The number of anilines is 1. The average Bonchev–Trinajstić information content (AvgIpc) is 3.16. The number of carbonyl (C=O) groups is 1. The lowest BCUT2D eigenvalue weighted by molar-refractivity contribution is 0.167. The van der Waals surface area contributed by atoms with Crippen molar-refractivity contribution in [2.75, 3.05) is 31.3 Å². The van der Waals surface area contributed by atoms with E-state index in [1.807, 2.05) is 36.9 Å². The highest BCUT2D eigenvalue weighted by Gasteiger charge is 2.29. The Morgan fingerprint density at radius 1 is 1.32 bits per heavy atom. The second kappa shape index (κ2) is 7.53. The fourth-order valence-corrected chi connectivity index (χ4v) is 3.72. The molecule has 2 amide bonds. The number of carbonyl (C=O) groups excluding carboxylic acids is 1. The van der Waals surface area contributed by atoms with Crippen LogP contribution in [0.2, 0.25) is 0 Å². The molecule has 1 saturated heterocycles. The van der Waals surface area contributed by atoms with Crippen LogP contribution in [0.15, 0.2) is 36.5 Å². The molecule has 2 atom stereocenters. The van der Waals surface area contributed by atoms with Gasteiger partial charge in [-0.25, -0.2) is 9.78 Å². The van der Waals surface area contributed by atoms with Crippen LogP contribution in [0, 0.1) is 5.95 Å². The zero-order chi connectivity index (χ0) is 19.7. The third kappa shape index (κ3) is 3.54. The molecule has 0 saturated carbocycles. The predicted molar refractivity (Wildman–Crippen MR) is 102 cm³/mol. The van der Waals surface area contributed by atoms with E-state index < -0.39 is 5.95 Å². The van der Waals surface area contributed by atoms with Gasteiger partial charge in [0.25, 0.3) is 0 Å². The number of ether oxygens (including phenoxy) is 2. The standard InChI is InChI=1S/C20H23FN4O3/c1-13-11-24(15-6-7-22-18(21)10-15)8-9-25(13)20(26)23-14(2)16-4-3-5-17-19(16)28-12-27-17/h3-7,10,13-14H,8-9,11-12H2,1-2H3,(H,23,26)/t13-,14-/m1/s1. The zero-order valence-corrected chi connectivity index (χ0v) is 15.9. The first-order valence-corrected chi connectivity index (χ1v) is 9.35. The van der Waals surface area contributed by atoms with E-state index in [-0.39, 0.29) is 24.9 Å². The number of piperazine rings is 1. The van der Waals surface area contributed by atoms with Gasteiger partial charge in [-0.05, 0) is 26.0 Å². The van der Waals surface area contributed by atoms with Gasteiger partial charge in [0.1, 0.15) is 0 Å². The number of nitrogens with zero attached hydrogens (tertiary/aromatic N) is 3. The third-order valence-corrected chi connectivity index (χ3v) is 5.20. The van der Waals surface area contributed by atoms with Crippen LogP contribution >= 0.6 is 0 Å². The number of nitrogens with one attached hydrogen (secondary N) is 1. The van der Waals surface area contributed by atoms with Crippen molar-refractivity contribution >= 4 is 11.7 Å². The molecule has 2 aliphatic heterocycles. The molecule has 3 heterocycles. The quantitative estimate of drug-likeness (QED) is 0.822. The molecule has 2 aliphatic rings. The molecule has 0 radical (unpaired) electrons. The predicted octanol–water partition coefficient (Wildman–Crippen LogP) is 2.93. The first kappa shape index (κ1) is 18.3. The van der Waals surface area contributed by atoms with E-state index in [0.29, 0.717) is 31.1 Å². The largest absolute Gasteiger partial charge is 0.454 e. The molecule has 1 aromatic heterocycles. The summed E-state index contributed by atoms with van der Waals surface area (Å²) in [6.07, 6.45) is 1.46. The number of amides is 2. The van der Waals surface area contributed by atoms with Gasteiger partial charge in [-0.2, -0.15) is 4.39 Å².